The summed E-state index contributed by atoms with van der Waals surface area (Å²) < 4.78 is 16.2. The Kier molecular flexibility index (Phi) is 4.03. The molecular weight excluding hydrogens is 292 g/mol. The molecule has 0 atom stereocenters. The summed E-state index contributed by atoms with van der Waals surface area (Å²) in [5, 5.41) is 4.59. The van der Waals surface area contributed by atoms with Gasteiger partial charge in [-0.2, -0.15) is 0 Å². The van der Waals surface area contributed by atoms with Gasteiger partial charge in [0.1, 0.15) is 19.0 Å². The van der Waals surface area contributed by atoms with Gasteiger partial charge in [0.15, 0.2) is 11.5 Å². The lowest BCUT2D eigenvalue weighted by atomic mass is 10.1. The van der Waals surface area contributed by atoms with Gasteiger partial charge in [0.25, 0.3) is 0 Å². The molecule has 0 spiro atoms. The van der Waals surface area contributed by atoms with E-state index >= 15 is 0 Å². The fraction of sp³-hybridized carbons (Fsp3) is 0.400. The van der Waals surface area contributed by atoms with Crippen LogP contribution in [0.25, 0.3) is 0 Å². The van der Waals surface area contributed by atoms with Gasteiger partial charge < -0.3 is 14.0 Å². The zero-order valence-corrected chi connectivity index (χ0v) is 12.8. The van der Waals surface area contributed by atoms with Gasteiger partial charge in [0.2, 0.25) is 0 Å². The smallest absolute Gasteiger partial charge is 0.179 e. The topological polar surface area (TPSA) is 47.7 Å². The molecule has 0 amide bonds. The van der Waals surface area contributed by atoms with E-state index in [1.165, 1.54) is 0 Å². The predicted octanol–water partition coefficient (Wildman–Crippen LogP) is 3.04. The van der Waals surface area contributed by atoms with Crippen molar-refractivity contribution in [1.29, 1.82) is 0 Å². The summed E-state index contributed by atoms with van der Waals surface area (Å²) in [5.41, 5.74) is 1.99. The van der Waals surface area contributed by atoms with E-state index in [-0.39, 0.29) is 0 Å². The van der Waals surface area contributed by atoms with Crippen molar-refractivity contribution in [1.82, 2.24) is 10.1 Å². The van der Waals surface area contributed by atoms with E-state index in [0.717, 1.165) is 29.3 Å². The van der Waals surface area contributed by atoms with E-state index in [0.29, 0.717) is 30.5 Å². The number of fused-ring (bicyclic) bond motifs is 1. The van der Waals surface area contributed by atoms with Crippen LogP contribution in [0.5, 0.6) is 11.5 Å². The van der Waals surface area contributed by atoms with E-state index < -0.39 is 0 Å². The van der Waals surface area contributed by atoms with Gasteiger partial charge in [-0.1, -0.05) is 16.8 Å². The predicted molar refractivity (Wildman–Crippen MR) is 78.9 cm³/mol. The third kappa shape index (κ3) is 3.31. The van der Waals surface area contributed by atoms with E-state index in [2.05, 4.69) is 10.1 Å². The molecule has 1 aromatic heterocycles. The highest BCUT2D eigenvalue weighted by Gasteiger charge is 2.17. The second kappa shape index (κ2) is 5.95. The Balaban J connectivity index is 1.71. The maximum Gasteiger partial charge on any atom is 0.179 e. The average molecular weight is 309 g/mol. The van der Waals surface area contributed by atoms with Crippen LogP contribution in [0.15, 0.2) is 22.7 Å². The number of aryl methyl sites for hydroxylation is 1. The fourth-order valence-corrected chi connectivity index (χ4v) is 2.68. The van der Waals surface area contributed by atoms with Crippen LogP contribution in [0.2, 0.25) is 5.02 Å². The highest BCUT2D eigenvalue weighted by molar-refractivity contribution is 6.32. The Hall–Kier alpha value is -1.72. The number of hydrogen-bond donors (Lipinski definition) is 0. The Morgan fingerprint density at radius 2 is 2.00 bits per heavy atom. The first kappa shape index (κ1) is 14.2. The Morgan fingerprint density at radius 3 is 2.76 bits per heavy atom. The van der Waals surface area contributed by atoms with E-state index in [9.17, 15) is 0 Å². The Morgan fingerprint density at radius 1 is 1.19 bits per heavy atom. The molecule has 0 saturated heterocycles. The van der Waals surface area contributed by atoms with E-state index in [4.69, 9.17) is 25.6 Å². The summed E-state index contributed by atoms with van der Waals surface area (Å²) in [5.74, 6) is 2.18. The molecule has 112 valence electrons. The third-order valence-corrected chi connectivity index (χ3v) is 3.50. The first-order chi connectivity index (χ1) is 10.1. The quantitative estimate of drug-likeness (QED) is 0.869. The molecule has 1 aromatic carbocycles. The highest BCUT2D eigenvalue weighted by atomic mass is 35.5. The summed E-state index contributed by atoms with van der Waals surface area (Å²) in [4.78, 5) is 2.14. The fourth-order valence-electron chi connectivity index (χ4n) is 2.39. The molecule has 21 heavy (non-hydrogen) atoms. The van der Waals surface area contributed by atoms with Crippen molar-refractivity contribution in [2.75, 3.05) is 20.3 Å². The molecule has 0 aliphatic carbocycles. The van der Waals surface area contributed by atoms with E-state index in [1.54, 1.807) is 0 Å². The first-order valence-corrected chi connectivity index (χ1v) is 7.18. The van der Waals surface area contributed by atoms with Crippen LogP contribution >= 0.6 is 11.6 Å². The second-order valence-electron chi connectivity index (χ2n) is 5.20. The Bertz CT molecular complexity index is 642. The van der Waals surface area contributed by atoms with Gasteiger partial charge in [0, 0.05) is 19.2 Å². The maximum absolute atomic E-state index is 6.24. The minimum Gasteiger partial charge on any atom is -0.486 e. The Labute approximate surface area is 128 Å². The van der Waals surface area contributed by atoms with Crippen LogP contribution in [0.1, 0.15) is 17.0 Å². The van der Waals surface area contributed by atoms with Gasteiger partial charge in [-0.05, 0) is 31.7 Å². The van der Waals surface area contributed by atoms with Gasteiger partial charge in [-0.15, -0.1) is 0 Å². The molecule has 5 nitrogen and oxygen atoms in total. The lowest BCUT2D eigenvalue weighted by molar-refractivity contribution is 0.171. The number of benzene rings is 1. The van der Waals surface area contributed by atoms with Crippen molar-refractivity contribution in [3.63, 3.8) is 0 Å². The van der Waals surface area contributed by atoms with Crippen LogP contribution in [0, 0.1) is 6.92 Å². The molecule has 0 bridgehead atoms. The maximum atomic E-state index is 6.24. The average Bonchev–Trinajstić information content (AvgIpc) is 2.84. The molecule has 6 heteroatoms. The second-order valence-corrected chi connectivity index (χ2v) is 5.61. The van der Waals surface area contributed by atoms with Crippen molar-refractivity contribution < 1.29 is 14.0 Å². The molecular formula is C15H17ClN2O3. The summed E-state index contributed by atoms with van der Waals surface area (Å²) in [6, 6.07) is 5.83. The van der Waals surface area contributed by atoms with Crippen LogP contribution in [-0.2, 0) is 13.1 Å². The number of ether oxygens (including phenoxy) is 2. The molecule has 0 fully saturated rings. The molecule has 0 saturated carbocycles. The summed E-state index contributed by atoms with van der Waals surface area (Å²) in [6.07, 6.45) is 0. The minimum absolute atomic E-state index is 0.539. The summed E-state index contributed by atoms with van der Waals surface area (Å²) in [6.45, 7) is 4.43. The van der Waals surface area contributed by atoms with Gasteiger partial charge in [-0.25, -0.2) is 0 Å². The van der Waals surface area contributed by atoms with Crippen LogP contribution in [0.4, 0.5) is 0 Å². The SMILES string of the molecule is Cc1cc(CN(C)Cc2cc(Cl)c3c(c2)OCCO3)no1. The summed E-state index contributed by atoms with van der Waals surface area (Å²) >= 11 is 6.24. The van der Waals surface area contributed by atoms with Crippen molar-refractivity contribution in [2.24, 2.45) is 0 Å². The number of halogens is 1. The molecule has 0 N–H and O–H groups in total. The molecule has 2 aromatic rings. The zero-order chi connectivity index (χ0) is 14.8. The highest BCUT2D eigenvalue weighted by Crippen LogP contribution is 2.38. The third-order valence-electron chi connectivity index (χ3n) is 3.22. The number of hydrogen-bond acceptors (Lipinski definition) is 5. The standard InChI is InChI=1S/C15H17ClN2O3/c1-10-5-12(17-21-10)9-18(2)8-11-6-13(16)15-14(7-11)19-3-4-20-15/h5-7H,3-4,8-9H2,1-2H3. The lowest BCUT2D eigenvalue weighted by Crippen LogP contribution is -2.19. The van der Waals surface area contributed by atoms with E-state index in [1.807, 2.05) is 32.2 Å². The zero-order valence-electron chi connectivity index (χ0n) is 12.1. The van der Waals surface area contributed by atoms with Crippen molar-refractivity contribution in [2.45, 2.75) is 20.0 Å². The van der Waals surface area contributed by atoms with Crippen LogP contribution < -0.4 is 9.47 Å². The van der Waals surface area contributed by atoms with Gasteiger partial charge >= 0.3 is 0 Å². The van der Waals surface area contributed by atoms with Crippen molar-refractivity contribution in [3.05, 3.63) is 40.2 Å². The van der Waals surface area contributed by atoms with Gasteiger partial charge in [-0.3, -0.25) is 4.90 Å². The molecule has 1 aliphatic heterocycles. The first-order valence-electron chi connectivity index (χ1n) is 6.80. The number of rotatable bonds is 4. The monoisotopic (exact) mass is 308 g/mol. The molecule has 2 heterocycles. The molecule has 0 radical (unpaired) electrons. The van der Waals surface area contributed by atoms with Crippen LogP contribution in [0.3, 0.4) is 0 Å². The van der Waals surface area contributed by atoms with Crippen LogP contribution in [-0.4, -0.2) is 30.3 Å². The molecule has 1 aliphatic rings. The summed E-state index contributed by atoms with van der Waals surface area (Å²) in [7, 11) is 2.02. The van der Waals surface area contributed by atoms with Gasteiger partial charge in [0.05, 0.1) is 10.7 Å². The molecule has 3 rings (SSSR count). The lowest BCUT2D eigenvalue weighted by Gasteiger charge is -2.21. The normalized spacial score (nSPS) is 13.7. The van der Waals surface area contributed by atoms with Crippen molar-refractivity contribution in [3.8, 4) is 11.5 Å². The minimum atomic E-state index is 0.539. The number of nitrogens with zero attached hydrogens (tertiary/aromatic N) is 2. The number of aromatic nitrogens is 1. The molecule has 0 unspecified atom stereocenters. The van der Waals surface area contributed by atoms with Crippen molar-refractivity contribution >= 4 is 11.6 Å². The largest absolute Gasteiger partial charge is 0.486 e.